The van der Waals surface area contributed by atoms with Crippen LogP contribution in [0.4, 0.5) is 20.2 Å². The van der Waals surface area contributed by atoms with Crippen LogP contribution in [-0.2, 0) is 0 Å². The summed E-state index contributed by atoms with van der Waals surface area (Å²) in [7, 11) is 0. The number of nitriles is 1. The summed E-state index contributed by atoms with van der Waals surface area (Å²) < 4.78 is 29.5. The number of aliphatic hydroxyl groups is 1. The maximum absolute atomic E-state index is 14.2. The Kier molecular flexibility index (Phi) is 6.44. The van der Waals surface area contributed by atoms with E-state index in [4.69, 9.17) is 5.26 Å². The SMILES string of the molecule is CC(C)(O)C(F)CNC(=O)c1cnc(-c2ccc3cc(C#N)cnn23)cc1Nc1cccc(F)c1. The molecule has 0 saturated heterocycles. The fourth-order valence-corrected chi connectivity index (χ4v) is 3.38. The van der Waals surface area contributed by atoms with Crippen molar-refractivity contribution in [2.75, 3.05) is 11.9 Å². The lowest BCUT2D eigenvalue weighted by Crippen LogP contribution is -2.42. The molecular weight excluding hydrogens is 454 g/mol. The molecule has 3 N–H and O–H groups in total. The molecule has 178 valence electrons. The van der Waals surface area contributed by atoms with Gasteiger partial charge in [-0.3, -0.25) is 9.78 Å². The Hall–Kier alpha value is -4.36. The van der Waals surface area contributed by atoms with Crippen LogP contribution in [0.25, 0.3) is 16.9 Å². The van der Waals surface area contributed by atoms with Crippen LogP contribution in [0.15, 0.2) is 60.9 Å². The number of amides is 1. The second-order valence-electron chi connectivity index (χ2n) is 8.49. The molecular formula is C25H22F2N6O2. The third-order valence-electron chi connectivity index (χ3n) is 5.35. The second kappa shape index (κ2) is 9.48. The molecule has 4 aromatic rings. The van der Waals surface area contributed by atoms with Crippen molar-refractivity contribution in [1.82, 2.24) is 19.9 Å². The molecule has 1 atom stereocenters. The third kappa shape index (κ3) is 5.26. The van der Waals surface area contributed by atoms with Crippen LogP contribution in [0.3, 0.4) is 0 Å². The second-order valence-corrected chi connectivity index (χ2v) is 8.49. The predicted molar refractivity (Wildman–Crippen MR) is 126 cm³/mol. The normalized spacial score (nSPS) is 12.2. The van der Waals surface area contributed by atoms with E-state index in [2.05, 4.69) is 20.7 Å². The van der Waals surface area contributed by atoms with E-state index >= 15 is 0 Å². The van der Waals surface area contributed by atoms with Crippen molar-refractivity contribution in [2.45, 2.75) is 25.6 Å². The molecule has 1 amide bonds. The van der Waals surface area contributed by atoms with Crippen LogP contribution < -0.4 is 10.6 Å². The summed E-state index contributed by atoms with van der Waals surface area (Å²) in [5, 5.41) is 28.7. The highest BCUT2D eigenvalue weighted by atomic mass is 19.1. The van der Waals surface area contributed by atoms with E-state index in [1.54, 1.807) is 34.8 Å². The Balaban J connectivity index is 1.72. The summed E-state index contributed by atoms with van der Waals surface area (Å²) in [5.41, 5.74) is 1.33. The van der Waals surface area contributed by atoms with Crippen molar-refractivity contribution in [3.8, 4) is 17.5 Å². The molecule has 0 spiro atoms. The highest BCUT2D eigenvalue weighted by molar-refractivity contribution is 6.00. The minimum atomic E-state index is -1.69. The van der Waals surface area contributed by atoms with E-state index in [-0.39, 0.29) is 5.56 Å². The maximum atomic E-state index is 14.2. The monoisotopic (exact) mass is 476 g/mol. The van der Waals surface area contributed by atoms with Crippen molar-refractivity contribution in [3.05, 3.63) is 77.9 Å². The van der Waals surface area contributed by atoms with Gasteiger partial charge in [-0.1, -0.05) is 6.07 Å². The molecule has 3 aromatic heterocycles. The standard InChI is InChI=1S/C25H22F2N6O2/c1-25(2,35)23(27)14-30-24(34)19-13-29-21(10-20(19)32-17-5-3-4-16(26)9-17)22-7-6-18-8-15(11-28)12-31-33(18)22/h3-10,12-13,23,35H,14H2,1-2H3,(H,29,32)(H,30,34). The van der Waals surface area contributed by atoms with Crippen molar-refractivity contribution in [3.63, 3.8) is 0 Å². The van der Waals surface area contributed by atoms with Gasteiger partial charge in [-0.15, -0.1) is 0 Å². The lowest BCUT2D eigenvalue weighted by Gasteiger charge is -2.22. The number of halogens is 2. The number of nitrogens with one attached hydrogen (secondary N) is 2. The van der Waals surface area contributed by atoms with E-state index < -0.39 is 30.0 Å². The van der Waals surface area contributed by atoms with Crippen molar-refractivity contribution in [2.24, 2.45) is 0 Å². The molecule has 0 fully saturated rings. The van der Waals surface area contributed by atoms with Crippen LogP contribution in [0.1, 0.15) is 29.8 Å². The third-order valence-corrected chi connectivity index (χ3v) is 5.35. The topological polar surface area (TPSA) is 115 Å². The van der Waals surface area contributed by atoms with E-state index in [1.807, 2.05) is 6.07 Å². The first-order valence-electron chi connectivity index (χ1n) is 10.7. The largest absolute Gasteiger partial charge is 0.387 e. The molecule has 1 aromatic carbocycles. The van der Waals surface area contributed by atoms with Crippen LogP contribution in [0.5, 0.6) is 0 Å². The van der Waals surface area contributed by atoms with Crippen LogP contribution in [0, 0.1) is 17.1 Å². The molecule has 0 saturated carbocycles. The Labute approximate surface area is 199 Å². The van der Waals surface area contributed by atoms with E-state index in [0.717, 1.165) is 0 Å². The van der Waals surface area contributed by atoms with Gasteiger partial charge in [0.25, 0.3) is 5.91 Å². The van der Waals surface area contributed by atoms with Gasteiger partial charge in [0, 0.05) is 11.9 Å². The molecule has 0 aliphatic heterocycles. The Morgan fingerprint density at radius 2 is 2.03 bits per heavy atom. The summed E-state index contributed by atoms with van der Waals surface area (Å²) in [5.74, 6) is -1.08. The molecule has 3 heterocycles. The average Bonchev–Trinajstić information content (AvgIpc) is 3.25. The number of benzene rings is 1. The number of anilines is 2. The lowest BCUT2D eigenvalue weighted by molar-refractivity contribution is -0.00177. The van der Waals surface area contributed by atoms with E-state index in [1.165, 1.54) is 44.4 Å². The Bertz CT molecular complexity index is 1440. The Morgan fingerprint density at radius 3 is 2.74 bits per heavy atom. The number of aromatic nitrogens is 3. The quantitative estimate of drug-likeness (QED) is 0.372. The summed E-state index contributed by atoms with van der Waals surface area (Å²) in [6.07, 6.45) is 1.07. The number of alkyl halides is 1. The molecule has 4 rings (SSSR count). The van der Waals surface area contributed by atoms with Crippen molar-refractivity contribution >= 4 is 22.8 Å². The predicted octanol–water partition coefficient (Wildman–Crippen LogP) is 3.99. The van der Waals surface area contributed by atoms with Crippen LogP contribution in [0.2, 0.25) is 0 Å². The number of nitrogens with zero attached hydrogens (tertiary/aromatic N) is 4. The molecule has 0 radical (unpaired) electrons. The molecule has 0 aliphatic carbocycles. The zero-order valence-corrected chi connectivity index (χ0v) is 19.0. The van der Waals surface area contributed by atoms with Gasteiger partial charge < -0.3 is 15.7 Å². The number of carbonyl (C=O) groups is 1. The van der Waals surface area contributed by atoms with Gasteiger partial charge in [-0.25, -0.2) is 13.3 Å². The lowest BCUT2D eigenvalue weighted by atomic mass is 10.0. The number of hydrogen-bond donors (Lipinski definition) is 3. The molecule has 1 unspecified atom stereocenters. The summed E-state index contributed by atoms with van der Waals surface area (Å²) in [6.45, 7) is 2.22. The first-order valence-corrected chi connectivity index (χ1v) is 10.7. The van der Waals surface area contributed by atoms with Gasteiger partial charge in [-0.2, -0.15) is 10.4 Å². The summed E-state index contributed by atoms with van der Waals surface area (Å²) in [6, 6.07) is 14.6. The number of carbonyl (C=O) groups excluding carboxylic acids is 1. The van der Waals surface area contributed by atoms with Crippen molar-refractivity contribution < 1.29 is 18.7 Å². The van der Waals surface area contributed by atoms with E-state index in [0.29, 0.717) is 33.8 Å². The molecule has 0 aliphatic rings. The zero-order chi connectivity index (χ0) is 25.2. The van der Waals surface area contributed by atoms with Crippen LogP contribution in [-0.4, -0.2) is 43.9 Å². The first kappa shape index (κ1) is 23.8. The average molecular weight is 476 g/mol. The summed E-state index contributed by atoms with van der Waals surface area (Å²) in [4.78, 5) is 17.3. The molecule has 8 nitrogen and oxygen atoms in total. The molecule has 0 bridgehead atoms. The van der Waals surface area contributed by atoms with Gasteiger partial charge in [0.15, 0.2) is 0 Å². The van der Waals surface area contributed by atoms with Gasteiger partial charge >= 0.3 is 0 Å². The number of hydrogen-bond acceptors (Lipinski definition) is 6. The number of pyridine rings is 1. The summed E-state index contributed by atoms with van der Waals surface area (Å²) >= 11 is 0. The smallest absolute Gasteiger partial charge is 0.255 e. The van der Waals surface area contributed by atoms with Gasteiger partial charge in [0.2, 0.25) is 0 Å². The highest BCUT2D eigenvalue weighted by Gasteiger charge is 2.27. The highest BCUT2D eigenvalue weighted by Crippen LogP contribution is 2.28. The maximum Gasteiger partial charge on any atom is 0.255 e. The first-order chi connectivity index (χ1) is 16.7. The minimum Gasteiger partial charge on any atom is -0.387 e. The Morgan fingerprint density at radius 1 is 1.23 bits per heavy atom. The van der Waals surface area contributed by atoms with Gasteiger partial charge in [0.1, 0.15) is 18.1 Å². The van der Waals surface area contributed by atoms with Crippen molar-refractivity contribution in [1.29, 1.82) is 5.26 Å². The number of fused-ring (bicyclic) bond motifs is 1. The van der Waals surface area contributed by atoms with Gasteiger partial charge in [-0.05, 0) is 56.3 Å². The van der Waals surface area contributed by atoms with Gasteiger partial charge in [0.05, 0.1) is 52.1 Å². The molecule has 35 heavy (non-hydrogen) atoms. The molecule has 10 heteroatoms. The minimum absolute atomic E-state index is 0.0987. The van der Waals surface area contributed by atoms with E-state index in [9.17, 15) is 18.7 Å². The zero-order valence-electron chi connectivity index (χ0n) is 19.0. The fraction of sp³-hybridized carbons (Fsp3) is 0.200. The number of rotatable bonds is 7. The van der Waals surface area contributed by atoms with Crippen LogP contribution >= 0.6 is 0 Å². The fourth-order valence-electron chi connectivity index (χ4n) is 3.38.